The highest BCUT2D eigenvalue weighted by molar-refractivity contribution is 4.86. The third-order valence-electron chi connectivity index (χ3n) is 1.93. The summed E-state index contributed by atoms with van der Waals surface area (Å²) in [6.45, 7) is 6.45. The van der Waals surface area contributed by atoms with Crippen molar-refractivity contribution >= 4 is 0 Å². The molecule has 0 aliphatic heterocycles. The zero-order valence-electron chi connectivity index (χ0n) is 8.64. The van der Waals surface area contributed by atoms with Crippen LogP contribution in [-0.2, 0) is 0 Å². The van der Waals surface area contributed by atoms with E-state index < -0.39 is 0 Å². The summed E-state index contributed by atoms with van der Waals surface area (Å²) in [7, 11) is 2.08. The number of terminal acetylenes is 1. The summed E-state index contributed by atoms with van der Waals surface area (Å²) in [4.78, 5) is 2.19. The summed E-state index contributed by atoms with van der Waals surface area (Å²) in [6, 6.07) is 0. The van der Waals surface area contributed by atoms with Gasteiger partial charge in [0.25, 0.3) is 0 Å². The molecule has 70 valence electrons. The van der Waals surface area contributed by atoms with E-state index in [0.717, 1.165) is 19.0 Å². The molecule has 0 aromatic carbocycles. The normalized spacial score (nSPS) is 10.7. The molecule has 0 unspecified atom stereocenters. The quantitative estimate of drug-likeness (QED) is 0.433. The van der Waals surface area contributed by atoms with E-state index >= 15 is 0 Å². The minimum atomic E-state index is 0.779. The van der Waals surface area contributed by atoms with E-state index in [1.54, 1.807) is 0 Å². The second kappa shape index (κ2) is 7.18. The van der Waals surface area contributed by atoms with Gasteiger partial charge < -0.3 is 0 Å². The molecule has 0 saturated heterocycles. The van der Waals surface area contributed by atoms with Gasteiger partial charge >= 0.3 is 0 Å². The van der Waals surface area contributed by atoms with Crippen LogP contribution in [0.5, 0.6) is 0 Å². The minimum absolute atomic E-state index is 0.779. The van der Waals surface area contributed by atoms with Crippen molar-refractivity contribution in [2.24, 2.45) is 5.92 Å². The standard InChI is InChI=1S/C11H21N/c1-5-9-12(4)10-7-6-8-11(2)3/h1,11H,6-10H2,2-4H3. The lowest BCUT2D eigenvalue weighted by molar-refractivity contribution is 0.356. The van der Waals surface area contributed by atoms with E-state index in [0.29, 0.717) is 0 Å². The molecule has 0 aromatic heterocycles. The molecule has 0 aromatic rings. The molecule has 0 saturated carbocycles. The first-order valence-electron chi connectivity index (χ1n) is 4.78. The molecule has 0 spiro atoms. The van der Waals surface area contributed by atoms with Gasteiger partial charge in [0.1, 0.15) is 0 Å². The average Bonchev–Trinajstić information content (AvgIpc) is 1.98. The second-order valence-corrected chi connectivity index (χ2v) is 3.83. The van der Waals surface area contributed by atoms with E-state index in [2.05, 4.69) is 31.7 Å². The van der Waals surface area contributed by atoms with Crippen LogP contribution in [0.4, 0.5) is 0 Å². The zero-order chi connectivity index (χ0) is 9.40. The maximum absolute atomic E-state index is 5.19. The van der Waals surface area contributed by atoms with Gasteiger partial charge in [-0.2, -0.15) is 0 Å². The zero-order valence-corrected chi connectivity index (χ0v) is 8.64. The van der Waals surface area contributed by atoms with E-state index in [1.807, 2.05) is 0 Å². The molecule has 0 rings (SSSR count). The van der Waals surface area contributed by atoms with Crippen LogP contribution in [0.1, 0.15) is 33.1 Å². The van der Waals surface area contributed by atoms with Crippen molar-refractivity contribution in [1.29, 1.82) is 0 Å². The Morgan fingerprint density at radius 3 is 2.50 bits per heavy atom. The summed E-state index contributed by atoms with van der Waals surface area (Å²) >= 11 is 0. The summed E-state index contributed by atoms with van der Waals surface area (Å²) in [5, 5.41) is 0. The molecule has 0 heterocycles. The Balaban J connectivity index is 3.15. The highest BCUT2D eigenvalue weighted by atomic mass is 15.1. The molecule has 1 nitrogen and oxygen atoms in total. The van der Waals surface area contributed by atoms with Gasteiger partial charge in [-0.25, -0.2) is 0 Å². The first-order chi connectivity index (χ1) is 5.66. The Kier molecular flexibility index (Phi) is 6.90. The van der Waals surface area contributed by atoms with Crippen molar-refractivity contribution in [3.8, 4) is 12.3 Å². The molecule has 0 bridgehead atoms. The van der Waals surface area contributed by atoms with E-state index in [1.165, 1.54) is 19.3 Å². The van der Waals surface area contributed by atoms with E-state index in [4.69, 9.17) is 6.42 Å². The Labute approximate surface area is 77.1 Å². The van der Waals surface area contributed by atoms with Crippen molar-refractivity contribution in [2.75, 3.05) is 20.1 Å². The van der Waals surface area contributed by atoms with Crippen LogP contribution in [0.2, 0.25) is 0 Å². The fourth-order valence-corrected chi connectivity index (χ4v) is 1.17. The van der Waals surface area contributed by atoms with Crippen LogP contribution in [-0.4, -0.2) is 25.0 Å². The molecule has 0 N–H and O–H groups in total. The highest BCUT2D eigenvalue weighted by Crippen LogP contribution is 2.06. The number of nitrogens with zero attached hydrogens (tertiary/aromatic N) is 1. The van der Waals surface area contributed by atoms with Crippen molar-refractivity contribution < 1.29 is 0 Å². The molecule has 0 aliphatic rings. The Morgan fingerprint density at radius 1 is 1.33 bits per heavy atom. The fourth-order valence-electron chi connectivity index (χ4n) is 1.17. The largest absolute Gasteiger partial charge is 0.295 e. The number of unbranched alkanes of at least 4 members (excludes halogenated alkanes) is 1. The van der Waals surface area contributed by atoms with Crippen LogP contribution in [0, 0.1) is 18.3 Å². The molecule has 0 radical (unpaired) electrons. The van der Waals surface area contributed by atoms with Crippen molar-refractivity contribution in [3.05, 3.63) is 0 Å². The second-order valence-electron chi connectivity index (χ2n) is 3.83. The number of hydrogen-bond acceptors (Lipinski definition) is 1. The van der Waals surface area contributed by atoms with Gasteiger partial charge in [0.05, 0.1) is 6.54 Å². The van der Waals surface area contributed by atoms with Gasteiger partial charge in [0, 0.05) is 0 Å². The van der Waals surface area contributed by atoms with Crippen LogP contribution >= 0.6 is 0 Å². The molecule has 0 amide bonds. The lowest BCUT2D eigenvalue weighted by atomic mass is 10.1. The molecular formula is C11H21N. The minimum Gasteiger partial charge on any atom is -0.295 e. The Bertz CT molecular complexity index is 132. The Morgan fingerprint density at radius 2 is 2.00 bits per heavy atom. The first-order valence-corrected chi connectivity index (χ1v) is 4.78. The topological polar surface area (TPSA) is 3.24 Å². The van der Waals surface area contributed by atoms with Crippen molar-refractivity contribution in [2.45, 2.75) is 33.1 Å². The maximum Gasteiger partial charge on any atom is 0.0596 e. The summed E-state index contributed by atoms with van der Waals surface area (Å²) in [5.41, 5.74) is 0. The van der Waals surface area contributed by atoms with Gasteiger partial charge in [-0.1, -0.05) is 32.6 Å². The smallest absolute Gasteiger partial charge is 0.0596 e. The average molecular weight is 167 g/mol. The molecule has 0 fully saturated rings. The summed E-state index contributed by atoms with van der Waals surface area (Å²) in [5.74, 6) is 3.48. The fraction of sp³-hybridized carbons (Fsp3) is 0.818. The van der Waals surface area contributed by atoms with Gasteiger partial charge in [-0.3, -0.25) is 4.90 Å². The molecule has 0 atom stereocenters. The molecule has 12 heavy (non-hydrogen) atoms. The van der Waals surface area contributed by atoms with Gasteiger partial charge in [-0.05, 0) is 25.9 Å². The maximum atomic E-state index is 5.19. The number of rotatable bonds is 6. The van der Waals surface area contributed by atoms with Crippen LogP contribution in [0.25, 0.3) is 0 Å². The lowest BCUT2D eigenvalue weighted by Crippen LogP contribution is -2.19. The summed E-state index contributed by atoms with van der Waals surface area (Å²) in [6.07, 6.45) is 9.13. The van der Waals surface area contributed by atoms with Crippen LogP contribution in [0.15, 0.2) is 0 Å². The first kappa shape index (κ1) is 11.5. The number of hydrogen-bond donors (Lipinski definition) is 0. The predicted octanol–water partition coefficient (Wildman–Crippen LogP) is 2.38. The highest BCUT2D eigenvalue weighted by Gasteiger charge is 1.96. The van der Waals surface area contributed by atoms with Gasteiger partial charge in [0.15, 0.2) is 0 Å². The van der Waals surface area contributed by atoms with E-state index in [9.17, 15) is 0 Å². The molecule has 0 aliphatic carbocycles. The third kappa shape index (κ3) is 7.63. The summed E-state index contributed by atoms with van der Waals surface area (Å²) < 4.78 is 0. The SMILES string of the molecule is C#CCN(C)CCCCC(C)C. The molecule has 1 heteroatoms. The van der Waals surface area contributed by atoms with E-state index in [-0.39, 0.29) is 0 Å². The Hall–Kier alpha value is -0.480. The van der Waals surface area contributed by atoms with Gasteiger partial charge in [0.2, 0.25) is 0 Å². The van der Waals surface area contributed by atoms with Crippen LogP contribution < -0.4 is 0 Å². The van der Waals surface area contributed by atoms with Crippen molar-refractivity contribution in [1.82, 2.24) is 4.90 Å². The van der Waals surface area contributed by atoms with Crippen molar-refractivity contribution in [3.63, 3.8) is 0 Å². The van der Waals surface area contributed by atoms with Gasteiger partial charge in [-0.15, -0.1) is 6.42 Å². The monoisotopic (exact) mass is 167 g/mol. The lowest BCUT2D eigenvalue weighted by Gasteiger charge is -2.12. The van der Waals surface area contributed by atoms with Crippen LogP contribution in [0.3, 0.4) is 0 Å². The third-order valence-corrected chi connectivity index (χ3v) is 1.93. The predicted molar refractivity (Wildman–Crippen MR) is 55.0 cm³/mol. The molecular weight excluding hydrogens is 146 g/mol.